The van der Waals surface area contributed by atoms with Crippen molar-refractivity contribution >= 4 is 17.1 Å². The van der Waals surface area contributed by atoms with Gasteiger partial charge in [0.1, 0.15) is 0 Å². The molecule has 0 unspecified atom stereocenters. The molecule has 0 aliphatic heterocycles. The summed E-state index contributed by atoms with van der Waals surface area (Å²) in [5.74, 6) is 0.778. The van der Waals surface area contributed by atoms with Gasteiger partial charge in [0, 0.05) is 26.7 Å². The first-order valence-electron chi connectivity index (χ1n) is 9.49. The summed E-state index contributed by atoms with van der Waals surface area (Å²) in [5, 5.41) is 0. The fourth-order valence-electron chi connectivity index (χ4n) is 3.23. The van der Waals surface area contributed by atoms with Gasteiger partial charge in [0.05, 0.1) is 0 Å². The van der Waals surface area contributed by atoms with Gasteiger partial charge in [-0.05, 0) is 20.3 Å². The number of rotatable bonds is 10. The van der Waals surface area contributed by atoms with Gasteiger partial charge in [-0.1, -0.05) is 39.0 Å². The molecule has 0 bridgehead atoms. The van der Waals surface area contributed by atoms with Gasteiger partial charge in [-0.2, -0.15) is 4.98 Å². The van der Waals surface area contributed by atoms with Crippen molar-refractivity contribution in [3.8, 4) is 0 Å². The second kappa shape index (κ2) is 8.87. The van der Waals surface area contributed by atoms with Crippen LogP contribution in [0.1, 0.15) is 59.3 Å². The minimum Gasteiger partial charge on any atom is -0.343 e. The number of aromatic nitrogens is 4. The standard InChI is InChI=1S/C18H31N5O2/c1-5-8-9-10-11-12-13-23-14-15(19-17(23)22(6-2)7-3)21(4)18(25)20-16(14)24/h5-13H2,1-4H3,(H,20,24,25). The minimum atomic E-state index is -0.423. The maximum absolute atomic E-state index is 12.4. The molecule has 7 nitrogen and oxygen atoms in total. The zero-order chi connectivity index (χ0) is 18.4. The molecule has 0 saturated heterocycles. The summed E-state index contributed by atoms with van der Waals surface area (Å²) in [4.78, 5) is 33.5. The Morgan fingerprint density at radius 2 is 1.64 bits per heavy atom. The molecule has 140 valence electrons. The zero-order valence-corrected chi connectivity index (χ0v) is 16.0. The molecule has 0 saturated carbocycles. The van der Waals surface area contributed by atoms with Crippen LogP contribution in [-0.2, 0) is 13.6 Å². The van der Waals surface area contributed by atoms with E-state index in [0.717, 1.165) is 38.4 Å². The minimum absolute atomic E-state index is 0.352. The molecule has 0 spiro atoms. The summed E-state index contributed by atoms with van der Waals surface area (Å²) < 4.78 is 3.40. The summed E-state index contributed by atoms with van der Waals surface area (Å²) in [5.41, 5.74) is 0.182. The number of aryl methyl sites for hydroxylation is 2. The van der Waals surface area contributed by atoms with Crippen molar-refractivity contribution < 1.29 is 0 Å². The number of unbranched alkanes of at least 4 members (excludes halogenated alkanes) is 5. The van der Waals surface area contributed by atoms with E-state index in [2.05, 4.69) is 35.6 Å². The van der Waals surface area contributed by atoms with E-state index in [1.165, 1.54) is 30.3 Å². The molecule has 0 atom stereocenters. The molecule has 0 aliphatic carbocycles. The maximum atomic E-state index is 12.4. The largest absolute Gasteiger partial charge is 0.343 e. The van der Waals surface area contributed by atoms with E-state index in [4.69, 9.17) is 0 Å². The molecule has 0 fully saturated rings. The number of anilines is 1. The molecule has 25 heavy (non-hydrogen) atoms. The van der Waals surface area contributed by atoms with Crippen LogP contribution in [-0.4, -0.2) is 32.2 Å². The topological polar surface area (TPSA) is 75.9 Å². The van der Waals surface area contributed by atoms with Crippen molar-refractivity contribution in [1.29, 1.82) is 0 Å². The van der Waals surface area contributed by atoms with Gasteiger partial charge in [-0.3, -0.25) is 14.3 Å². The highest BCUT2D eigenvalue weighted by atomic mass is 16.2. The van der Waals surface area contributed by atoms with Crippen LogP contribution in [0.5, 0.6) is 0 Å². The van der Waals surface area contributed by atoms with E-state index in [1.807, 2.05) is 4.57 Å². The van der Waals surface area contributed by atoms with Gasteiger partial charge in [0.25, 0.3) is 5.56 Å². The smallest absolute Gasteiger partial charge is 0.329 e. The van der Waals surface area contributed by atoms with Crippen LogP contribution in [0.15, 0.2) is 9.59 Å². The molecule has 0 aromatic carbocycles. The lowest BCUT2D eigenvalue weighted by molar-refractivity contribution is 0.560. The molecule has 1 N–H and O–H groups in total. The number of hydrogen-bond acceptors (Lipinski definition) is 4. The quantitative estimate of drug-likeness (QED) is 0.669. The molecule has 2 aromatic heterocycles. The lowest BCUT2D eigenvalue weighted by Crippen LogP contribution is -2.29. The number of nitrogens with one attached hydrogen (secondary N) is 1. The SMILES string of the molecule is CCCCCCCCn1c(N(CC)CC)nc2c1c(=O)[nH]c(=O)n2C. The van der Waals surface area contributed by atoms with Crippen molar-refractivity contribution in [2.24, 2.45) is 7.05 Å². The summed E-state index contributed by atoms with van der Waals surface area (Å²) >= 11 is 0. The van der Waals surface area contributed by atoms with E-state index in [1.54, 1.807) is 7.05 Å². The zero-order valence-electron chi connectivity index (χ0n) is 16.0. The van der Waals surface area contributed by atoms with E-state index in [9.17, 15) is 9.59 Å². The van der Waals surface area contributed by atoms with Gasteiger partial charge < -0.3 is 9.47 Å². The third-order valence-corrected chi connectivity index (χ3v) is 4.77. The Bertz CT molecular complexity index is 798. The third kappa shape index (κ3) is 4.14. The Morgan fingerprint density at radius 1 is 1.00 bits per heavy atom. The van der Waals surface area contributed by atoms with Crippen molar-refractivity contribution in [1.82, 2.24) is 19.1 Å². The molecule has 7 heteroatoms. The molecule has 2 heterocycles. The highest BCUT2D eigenvalue weighted by Crippen LogP contribution is 2.20. The van der Waals surface area contributed by atoms with Gasteiger partial charge >= 0.3 is 5.69 Å². The average Bonchev–Trinajstić information content (AvgIpc) is 2.97. The van der Waals surface area contributed by atoms with Crippen molar-refractivity contribution in [2.45, 2.75) is 65.8 Å². The molecular weight excluding hydrogens is 318 g/mol. The second-order valence-electron chi connectivity index (χ2n) is 6.49. The highest BCUT2D eigenvalue weighted by molar-refractivity contribution is 5.74. The number of nitrogens with zero attached hydrogens (tertiary/aromatic N) is 4. The first-order valence-corrected chi connectivity index (χ1v) is 9.49. The van der Waals surface area contributed by atoms with Gasteiger partial charge in [-0.25, -0.2) is 4.79 Å². The first kappa shape index (κ1) is 19.3. The Hall–Kier alpha value is -2.05. The lowest BCUT2D eigenvalue weighted by atomic mass is 10.1. The van der Waals surface area contributed by atoms with Crippen LogP contribution in [0.25, 0.3) is 11.2 Å². The van der Waals surface area contributed by atoms with Gasteiger partial charge in [-0.15, -0.1) is 0 Å². The molecular formula is C18H31N5O2. The van der Waals surface area contributed by atoms with Crippen LogP contribution in [0, 0.1) is 0 Å². The maximum Gasteiger partial charge on any atom is 0.329 e. The molecule has 2 rings (SSSR count). The summed E-state index contributed by atoms with van der Waals surface area (Å²) in [6, 6.07) is 0. The van der Waals surface area contributed by atoms with Crippen LogP contribution in [0.4, 0.5) is 5.95 Å². The fraction of sp³-hybridized carbons (Fsp3) is 0.722. The van der Waals surface area contributed by atoms with Gasteiger partial charge in [0.2, 0.25) is 5.95 Å². The van der Waals surface area contributed by atoms with E-state index in [-0.39, 0.29) is 5.56 Å². The van der Waals surface area contributed by atoms with Gasteiger partial charge in [0.15, 0.2) is 11.2 Å². The molecule has 0 radical (unpaired) electrons. The highest BCUT2D eigenvalue weighted by Gasteiger charge is 2.19. The molecule has 2 aromatic rings. The third-order valence-electron chi connectivity index (χ3n) is 4.77. The fourth-order valence-corrected chi connectivity index (χ4v) is 3.23. The number of aromatic amines is 1. The summed E-state index contributed by atoms with van der Waals surface area (Å²) in [7, 11) is 1.65. The Balaban J connectivity index is 2.37. The number of imidazole rings is 1. The summed E-state index contributed by atoms with van der Waals surface area (Å²) in [6.07, 6.45) is 7.14. The monoisotopic (exact) mass is 349 g/mol. The average molecular weight is 349 g/mol. The Labute approximate surface area is 148 Å². The molecule has 0 aliphatic rings. The predicted molar refractivity (Wildman–Crippen MR) is 103 cm³/mol. The molecule has 0 amide bonds. The van der Waals surface area contributed by atoms with Crippen LogP contribution in [0.2, 0.25) is 0 Å². The Morgan fingerprint density at radius 3 is 2.28 bits per heavy atom. The summed E-state index contributed by atoms with van der Waals surface area (Å²) in [6.45, 7) is 8.72. The lowest BCUT2D eigenvalue weighted by Gasteiger charge is -2.21. The first-order chi connectivity index (χ1) is 12.0. The van der Waals surface area contributed by atoms with E-state index < -0.39 is 5.69 Å². The van der Waals surface area contributed by atoms with Crippen molar-refractivity contribution in [2.75, 3.05) is 18.0 Å². The second-order valence-corrected chi connectivity index (χ2v) is 6.49. The number of fused-ring (bicyclic) bond motifs is 1. The van der Waals surface area contributed by atoms with Crippen molar-refractivity contribution in [3.63, 3.8) is 0 Å². The van der Waals surface area contributed by atoms with Crippen molar-refractivity contribution in [3.05, 3.63) is 20.8 Å². The van der Waals surface area contributed by atoms with E-state index >= 15 is 0 Å². The number of hydrogen-bond donors (Lipinski definition) is 1. The van der Waals surface area contributed by atoms with Crippen LogP contribution in [0.3, 0.4) is 0 Å². The predicted octanol–water partition coefficient (Wildman–Crippen LogP) is 2.63. The van der Waals surface area contributed by atoms with Crippen LogP contribution < -0.4 is 16.1 Å². The van der Waals surface area contributed by atoms with E-state index in [0.29, 0.717) is 11.2 Å². The Kier molecular flexibility index (Phi) is 6.84. The van der Waals surface area contributed by atoms with Crippen LogP contribution >= 0.6 is 0 Å². The normalized spacial score (nSPS) is 11.4. The number of H-pyrrole nitrogens is 1.